The molecule has 0 N–H and O–H groups in total. The summed E-state index contributed by atoms with van der Waals surface area (Å²) in [5.74, 6) is 1.81. The maximum Gasteiger partial charge on any atom is 0.204 e. The molecular formula is C19H22O7. The second-order valence-electron chi connectivity index (χ2n) is 5.09. The summed E-state index contributed by atoms with van der Waals surface area (Å²) >= 11 is 0. The van der Waals surface area contributed by atoms with Gasteiger partial charge in [-0.05, 0) is 24.3 Å². The Balaban J connectivity index is 2.67. The molecule has 7 heteroatoms. The number of hydrogen-bond acceptors (Lipinski definition) is 7. The van der Waals surface area contributed by atoms with Gasteiger partial charge in [0.2, 0.25) is 17.3 Å². The smallest absolute Gasteiger partial charge is 0.204 e. The van der Waals surface area contributed by atoms with Crippen molar-refractivity contribution >= 4 is 5.78 Å². The Labute approximate surface area is 152 Å². The largest absolute Gasteiger partial charge is 0.493 e. The molecule has 0 radical (unpaired) electrons. The van der Waals surface area contributed by atoms with Gasteiger partial charge in [0.05, 0.1) is 53.8 Å². The first-order valence-corrected chi connectivity index (χ1v) is 7.70. The first kappa shape index (κ1) is 19.2. The Morgan fingerprint density at radius 2 is 0.885 bits per heavy atom. The van der Waals surface area contributed by atoms with Crippen LogP contribution in [0.4, 0.5) is 0 Å². The van der Waals surface area contributed by atoms with Crippen LogP contribution in [0.15, 0.2) is 24.3 Å². The van der Waals surface area contributed by atoms with E-state index in [4.69, 9.17) is 28.4 Å². The number of hydrogen-bond donors (Lipinski definition) is 0. The maximum absolute atomic E-state index is 13.2. The van der Waals surface area contributed by atoms with E-state index in [9.17, 15) is 4.79 Å². The Morgan fingerprint density at radius 3 is 1.15 bits per heavy atom. The van der Waals surface area contributed by atoms with Gasteiger partial charge in [0.1, 0.15) is 0 Å². The Morgan fingerprint density at radius 1 is 0.538 bits per heavy atom. The fraction of sp³-hybridized carbons (Fsp3) is 0.316. The molecule has 0 aliphatic heterocycles. The van der Waals surface area contributed by atoms with Gasteiger partial charge in [0.25, 0.3) is 0 Å². The highest BCUT2D eigenvalue weighted by atomic mass is 16.5. The van der Waals surface area contributed by atoms with Crippen LogP contribution in [0.25, 0.3) is 0 Å². The molecule has 0 unspecified atom stereocenters. The molecule has 0 aliphatic rings. The van der Waals surface area contributed by atoms with E-state index in [1.165, 1.54) is 42.7 Å². The molecule has 0 amide bonds. The second kappa shape index (κ2) is 8.33. The van der Waals surface area contributed by atoms with Gasteiger partial charge >= 0.3 is 0 Å². The zero-order valence-corrected chi connectivity index (χ0v) is 15.7. The van der Waals surface area contributed by atoms with Gasteiger partial charge in [0, 0.05) is 0 Å². The van der Waals surface area contributed by atoms with Gasteiger partial charge in [-0.15, -0.1) is 0 Å². The van der Waals surface area contributed by atoms with Crippen LogP contribution in [0.3, 0.4) is 0 Å². The van der Waals surface area contributed by atoms with Gasteiger partial charge in [-0.3, -0.25) is 4.79 Å². The average molecular weight is 362 g/mol. The van der Waals surface area contributed by atoms with E-state index in [-0.39, 0.29) is 17.3 Å². The highest BCUT2D eigenvalue weighted by Crippen LogP contribution is 2.44. The Hall–Kier alpha value is -3.09. The topological polar surface area (TPSA) is 72.5 Å². The Bertz CT molecular complexity index is 733. The van der Waals surface area contributed by atoms with Crippen molar-refractivity contribution in [1.82, 2.24) is 0 Å². The van der Waals surface area contributed by atoms with Crippen LogP contribution in [0.5, 0.6) is 34.5 Å². The van der Waals surface area contributed by atoms with Crippen LogP contribution in [-0.4, -0.2) is 48.4 Å². The lowest BCUT2D eigenvalue weighted by Crippen LogP contribution is -2.09. The van der Waals surface area contributed by atoms with Crippen molar-refractivity contribution in [1.29, 1.82) is 0 Å². The normalized spacial score (nSPS) is 10.1. The number of benzene rings is 2. The lowest BCUT2D eigenvalue weighted by atomic mass is 10.00. The van der Waals surface area contributed by atoms with Crippen molar-refractivity contribution < 1.29 is 33.2 Å². The molecule has 140 valence electrons. The van der Waals surface area contributed by atoms with Gasteiger partial charge < -0.3 is 28.4 Å². The summed E-state index contributed by atoms with van der Waals surface area (Å²) in [7, 11) is 8.89. The van der Waals surface area contributed by atoms with E-state index >= 15 is 0 Å². The maximum atomic E-state index is 13.2. The quantitative estimate of drug-likeness (QED) is 0.669. The molecule has 0 aliphatic carbocycles. The number of carbonyl (C=O) groups excluding carboxylic acids is 1. The summed E-state index contributed by atoms with van der Waals surface area (Å²) < 4.78 is 32.0. The third-order valence-corrected chi connectivity index (χ3v) is 3.90. The molecular weight excluding hydrogens is 340 g/mol. The van der Waals surface area contributed by atoms with E-state index in [1.807, 2.05) is 0 Å². The van der Waals surface area contributed by atoms with E-state index in [2.05, 4.69) is 0 Å². The van der Waals surface area contributed by atoms with Crippen molar-refractivity contribution in [3.8, 4) is 34.5 Å². The van der Waals surface area contributed by atoms with Gasteiger partial charge in [-0.1, -0.05) is 0 Å². The van der Waals surface area contributed by atoms with Gasteiger partial charge in [-0.2, -0.15) is 0 Å². The summed E-state index contributed by atoms with van der Waals surface area (Å²) in [4.78, 5) is 13.2. The lowest BCUT2D eigenvalue weighted by molar-refractivity contribution is 0.103. The lowest BCUT2D eigenvalue weighted by Gasteiger charge is -2.17. The van der Waals surface area contributed by atoms with Crippen LogP contribution in [0, 0.1) is 0 Å². The van der Waals surface area contributed by atoms with E-state index in [0.29, 0.717) is 34.1 Å². The molecule has 7 nitrogen and oxygen atoms in total. The summed E-state index contributed by atoms with van der Waals surface area (Å²) in [6, 6.07) is 6.50. The zero-order valence-electron chi connectivity index (χ0n) is 15.7. The highest BCUT2D eigenvalue weighted by Gasteiger charge is 2.26. The fourth-order valence-electron chi connectivity index (χ4n) is 2.71. The molecule has 0 heterocycles. The summed E-state index contributed by atoms with van der Waals surface area (Å²) in [6.07, 6.45) is 0. The number of methoxy groups -OCH3 is 6. The predicted octanol–water partition coefficient (Wildman–Crippen LogP) is 2.97. The summed E-state index contributed by atoms with van der Waals surface area (Å²) in [5, 5.41) is 0. The number of ketones is 1. The minimum atomic E-state index is -0.319. The van der Waals surface area contributed by atoms with Crippen molar-refractivity contribution in [2.24, 2.45) is 0 Å². The van der Waals surface area contributed by atoms with Crippen molar-refractivity contribution in [3.63, 3.8) is 0 Å². The first-order valence-electron chi connectivity index (χ1n) is 7.70. The monoisotopic (exact) mass is 362 g/mol. The third kappa shape index (κ3) is 3.20. The predicted molar refractivity (Wildman–Crippen MR) is 95.6 cm³/mol. The standard InChI is InChI=1S/C19H22O7/c1-21-13-9-7-11(16(23-3)18(13)25-5)15(20)12-8-10-14(22-2)19(26-6)17(12)24-4/h7-10H,1-6H3. The highest BCUT2D eigenvalue weighted by molar-refractivity contribution is 6.13. The van der Waals surface area contributed by atoms with Crippen LogP contribution in [0.1, 0.15) is 15.9 Å². The minimum absolute atomic E-state index is 0.272. The van der Waals surface area contributed by atoms with Crippen molar-refractivity contribution in [2.45, 2.75) is 0 Å². The fourth-order valence-corrected chi connectivity index (χ4v) is 2.71. The zero-order chi connectivity index (χ0) is 19.3. The first-order chi connectivity index (χ1) is 12.6. The van der Waals surface area contributed by atoms with Crippen molar-refractivity contribution in [3.05, 3.63) is 35.4 Å². The molecule has 0 bridgehead atoms. The third-order valence-electron chi connectivity index (χ3n) is 3.90. The SMILES string of the molecule is COc1ccc(C(=O)c2ccc(OC)c(OC)c2OC)c(OC)c1OC. The van der Waals surface area contributed by atoms with Crippen LogP contribution < -0.4 is 28.4 Å². The molecule has 2 aromatic carbocycles. The van der Waals surface area contributed by atoms with E-state index < -0.39 is 0 Å². The van der Waals surface area contributed by atoms with Crippen LogP contribution >= 0.6 is 0 Å². The molecule has 2 aromatic rings. The summed E-state index contributed by atoms with van der Waals surface area (Å²) in [6.45, 7) is 0. The summed E-state index contributed by atoms with van der Waals surface area (Å²) in [5.41, 5.74) is 0.603. The number of rotatable bonds is 8. The molecule has 0 spiro atoms. The Kier molecular flexibility index (Phi) is 6.16. The average Bonchev–Trinajstić information content (AvgIpc) is 2.70. The molecule has 0 aromatic heterocycles. The molecule has 0 atom stereocenters. The molecule has 0 saturated heterocycles. The van der Waals surface area contributed by atoms with E-state index in [1.54, 1.807) is 24.3 Å². The number of carbonyl (C=O) groups is 1. The number of ether oxygens (including phenoxy) is 6. The van der Waals surface area contributed by atoms with Crippen LogP contribution in [0.2, 0.25) is 0 Å². The van der Waals surface area contributed by atoms with Gasteiger partial charge in [-0.25, -0.2) is 0 Å². The van der Waals surface area contributed by atoms with Gasteiger partial charge in [0.15, 0.2) is 23.0 Å². The minimum Gasteiger partial charge on any atom is -0.493 e. The molecule has 0 fully saturated rings. The van der Waals surface area contributed by atoms with Crippen molar-refractivity contribution in [2.75, 3.05) is 42.7 Å². The van der Waals surface area contributed by atoms with Crippen LogP contribution in [-0.2, 0) is 0 Å². The molecule has 0 saturated carbocycles. The molecule has 2 rings (SSSR count). The molecule has 26 heavy (non-hydrogen) atoms. The van der Waals surface area contributed by atoms with E-state index in [0.717, 1.165) is 0 Å². The second-order valence-corrected chi connectivity index (χ2v) is 5.09.